The van der Waals surface area contributed by atoms with Gasteiger partial charge in [0.15, 0.2) is 0 Å². The lowest BCUT2D eigenvalue weighted by atomic mass is 10.0. The van der Waals surface area contributed by atoms with Crippen LogP contribution in [-0.4, -0.2) is 23.7 Å². The summed E-state index contributed by atoms with van der Waals surface area (Å²) in [5.74, 6) is 1.03. The molecule has 4 aromatic carbocycles. The van der Waals surface area contributed by atoms with Crippen LogP contribution in [0.1, 0.15) is 27.8 Å². The first kappa shape index (κ1) is 20.7. The standard InChI is InChI=1S/C30H30OSi2/c1-19-13-15-27(24-17-20-9-5-7-11-22(20)29(19)24)33(32(3)4)28-16-14-26(31-2)30-23-12-8-6-10-21(23)18-25(28)30/h5-16,32-33H,17-18H2,1-4H3. The molecule has 4 aromatic rings. The molecule has 1 nitrogen and oxygen atoms in total. The highest BCUT2D eigenvalue weighted by Crippen LogP contribution is 2.42. The molecule has 0 fully saturated rings. The van der Waals surface area contributed by atoms with Crippen LogP contribution in [0.25, 0.3) is 22.3 Å². The number of aryl methyl sites for hydroxylation is 1. The third-order valence-corrected chi connectivity index (χ3v) is 17.6. The van der Waals surface area contributed by atoms with Crippen molar-refractivity contribution in [2.24, 2.45) is 0 Å². The highest BCUT2D eigenvalue weighted by atomic mass is 29.2. The summed E-state index contributed by atoms with van der Waals surface area (Å²) in [6.45, 7) is 7.43. The molecule has 0 aliphatic heterocycles. The molecular weight excluding hydrogens is 433 g/mol. The summed E-state index contributed by atoms with van der Waals surface area (Å²) >= 11 is 0. The van der Waals surface area contributed by atoms with Crippen LogP contribution in [0.2, 0.25) is 13.1 Å². The first-order chi connectivity index (χ1) is 16.1. The lowest BCUT2D eigenvalue weighted by molar-refractivity contribution is 0.416. The van der Waals surface area contributed by atoms with Gasteiger partial charge in [0.05, 0.1) is 15.4 Å². The van der Waals surface area contributed by atoms with Gasteiger partial charge in [0.1, 0.15) is 5.75 Å². The fourth-order valence-corrected chi connectivity index (χ4v) is 16.1. The van der Waals surface area contributed by atoms with Crippen molar-refractivity contribution in [2.45, 2.75) is 32.9 Å². The topological polar surface area (TPSA) is 9.23 Å². The molecule has 164 valence electrons. The molecule has 0 saturated heterocycles. The van der Waals surface area contributed by atoms with E-state index in [9.17, 15) is 0 Å². The summed E-state index contributed by atoms with van der Waals surface area (Å²) in [6, 6.07) is 27.5. The molecule has 1 unspecified atom stereocenters. The van der Waals surface area contributed by atoms with Crippen LogP contribution in [0.4, 0.5) is 0 Å². The van der Waals surface area contributed by atoms with E-state index < -0.39 is 16.6 Å². The van der Waals surface area contributed by atoms with Gasteiger partial charge >= 0.3 is 0 Å². The quantitative estimate of drug-likeness (QED) is 0.333. The predicted octanol–water partition coefficient (Wildman–Crippen LogP) is 5.05. The first-order valence-electron chi connectivity index (χ1n) is 12.1. The summed E-state index contributed by atoms with van der Waals surface area (Å²) in [6.07, 6.45) is 2.13. The molecule has 0 spiro atoms. The van der Waals surface area contributed by atoms with Crippen molar-refractivity contribution in [3.8, 4) is 28.0 Å². The monoisotopic (exact) mass is 462 g/mol. The van der Waals surface area contributed by atoms with E-state index in [2.05, 4.69) is 92.8 Å². The average molecular weight is 463 g/mol. The van der Waals surface area contributed by atoms with E-state index in [1.165, 1.54) is 38.9 Å². The largest absolute Gasteiger partial charge is 0.496 e. The third-order valence-electron chi connectivity index (χ3n) is 7.73. The summed E-state index contributed by atoms with van der Waals surface area (Å²) in [4.78, 5) is 0. The Hall–Kier alpha value is -2.89. The Morgan fingerprint density at radius 1 is 0.667 bits per heavy atom. The molecule has 6 rings (SSSR count). The van der Waals surface area contributed by atoms with E-state index in [0.717, 1.165) is 18.6 Å². The van der Waals surface area contributed by atoms with Crippen LogP contribution in [0.15, 0.2) is 72.8 Å². The van der Waals surface area contributed by atoms with Crippen LogP contribution in [-0.2, 0) is 12.8 Å². The molecule has 0 bridgehead atoms. The van der Waals surface area contributed by atoms with Gasteiger partial charge in [-0.05, 0) is 70.3 Å². The SMILES string of the molecule is COc1ccc([SiH](c2ccc(C)c3c2Cc2ccccc2-3)[SiH](C)C)c2c1-c1ccccc1C2. The second-order valence-corrected chi connectivity index (χ2v) is 20.6. The van der Waals surface area contributed by atoms with Gasteiger partial charge in [0.25, 0.3) is 0 Å². The van der Waals surface area contributed by atoms with Crippen molar-refractivity contribution < 1.29 is 4.74 Å². The van der Waals surface area contributed by atoms with Gasteiger partial charge in [-0.1, -0.05) is 90.2 Å². The molecule has 0 aromatic heterocycles. The zero-order valence-electron chi connectivity index (χ0n) is 19.9. The fourth-order valence-electron chi connectivity index (χ4n) is 6.33. The van der Waals surface area contributed by atoms with E-state index in [4.69, 9.17) is 4.74 Å². The molecular formula is C30H30OSi2. The minimum Gasteiger partial charge on any atom is -0.496 e. The van der Waals surface area contributed by atoms with Crippen molar-refractivity contribution >= 4 is 27.0 Å². The van der Waals surface area contributed by atoms with Crippen LogP contribution in [0.5, 0.6) is 5.75 Å². The third kappa shape index (κ3) is 3.10. The summed E-state index contributed by atoms with van der Waals surface area (Å²) in [7, 11) is -0.478. The van der Waals surface area contributed by atoms with Crippen LogP contribution in [0, 0.1) is 6.92 Å². The maximum absolute atomic E-state index is 5.87. The minimum atomic E-state index is -1.34. The van der Waals surface area contributed by atoms with Crippen LogP contribution < -0.4 is 15.1 Å². The van der Waals surface area contributed by atoms with Gasteiger partial charge in [-0.15, -0.1) is 0 Å². The molecule has 1 atom stereocenters. The van der Waals surface area contributed by atoms with Gasteiger partial charge in [-0.25, -0.2) is 0 Å². The molecule has 2 aliphatic carbocycles. The number of rotatable bonds is 4. The highest BCUT2D eigenvalue weighted by Gasteiger charge is 2.34. The molecule has 0 heterocycles. The molecule has 2 aliphatic rings. The molecule has 0 N–H and O–H groups in total. The highest BCUT2D eigenvalue weighted by molar-refractivity contribution is 7.33. The smallest absolute Gasteiger partial charge is 0.126 e. The maximum atomic E-state index is 5.87. The molecule has 0 saturated carbocycles. The van der Waals surface area contributed by atoms with E-state index in [1.807, 2.05) is 7.11 Å². The number of benzene rings is 4. The molecule has 3 heteroatoms. The van der Waals surface area contributed by atoms with E-state index in [0.29, 0.717) is 0 Å². The zero-order chi connectivity index (χ0) is 22.7. The summed E-state index contributed by atoms with van der Waals surface area (Å²) in [5.41, 5.74) is 13.2. The number of methoxy groups -OCH3 is 1. The Balaban J connectivity index is 1.57. The normalized spacial score (nSPS) is 14.0. The van der Waals surface area contributed by atoms with Gasteiger partial charge < -0.3 is 4.74 Å². The van der Waals surface area contributed by atoms with Gasteiger partial charge in [0.2, 0.25) is 0 Å². The van der Waals surface area contributed by atoms with Crippen molar-refractivity contribution in [2.75, 3.05) is 7.11 Å². The Morgan fingerprint density at radius 2 is 1.21 bits per heavy atom. The summed E-state index contributed by atoms with van der Waals surface area (Å²) < 4.78 is 5.87. The Bertz CT molecular complexity index is 1400. The predicted molar refractivity (Wildman–Crippen MR) is 146 cm³/mol. The average Bonchev–Trinajstić information content (AvgIpc) is 3.40. The van der Waals surface area contributed by atoms with E-state index in [1.54, 1.807) is 21.5 Å². The lowest BCUT2D eigenvalue weighted by Gasteiger charge is -2.26. The summed E-state index contributed by atoms with van der Waals surface area (Å²) in [5, 5.41) is 3.35. The first-order valence-corrected chi connectivity index (χ1v) is 18.2. The fraction of sp³-hybridized carbons (Fsp3) is 0.200. The maximum Gasteiger partial charge on any atom is 0.126 e. The molecule has 0 radical (unpaired) electrons. The van der Waals surface area contributed by atoms with Crippen molar-refractivity contribution in [3.63, 3.8) is 0 Å². The Morgan fingerprint density at radius 3 is 1.82 bits per heavy atom. The van der Waals surface area contributed by atoms with Crippen molar-refractivity contribution in [3.05, 3.63) is 101 Å². The second kappa shape index (κ2) is 7.86. The number of hydrogen-bond donors (Lipinski definition) is 0. The van der Waals surface area contributed by atoms with Crippen LogP contribution in [0.3, 0.4) is 0 Å². The molecule has 33 heavy (non-hydrogen) atoms. The lowest BCUT2D eigenvalue weighted by Crippen LogP contribution is -2.54. The van der Waals surface area contributed by atoms with E-state index in [-0.39, 0.29) is 0 Å². The van der Waals surface area contributed by atoms with Crippen LogP contribution >= 0.6 is 0 Å². The van der Waals surface area contributed by atoms with Gasteiger partial charge in [-0.3, -0.25) is 0 Å². The number of hydrogen-bond acceptors (Lipinski definition) is 1. The van der Waals surface area contributed by atoms with Gasteiger partial charge in [-0.2, -0.15) is 0 Å². The minimum absolute atomic E-state index is 0.945. The number of fused-ring (bicyclic) bond motifs is 6. The van der Waals surface area contributed by atoms with Crippen molar-refractivity contribution in [1.82, 2.24) is 0 Å². The Kier molecular flexibility index (Phi) is 4.93. The number of ether oxygens (including phenoxy) is 1. The zero-order valence-corrected chi connectivity index (χ0v) is 22.2. The Labute approximate surface area is 200 Å². The van der Waals surface area contributed by atoms with E-state index >= 15 is 0 Å². The van der Waals surface area contributed by atoms with Gasteiger partial charge in [0, 0.05) is 13.9 Å². The molecule has 0 amide bonds. The second-order valence-electron chi connectivity index (χ2n) is 9.93. The van der Waals surface area contributed by atoms with Crippen molar-refractivity contribution in [1.29, 1.82) is 0 Å².